The van der Waals surface area contributed by atoms with Gasteiger partial charge in [0.2, 0.25) is 5.89 Å². The summed E-state index contributed by atoms with van der Waals surface area (Å²) in [4.78, 5) is 11.9. The van der Waals surface area contributed by atoms with Gasteiger partial charge in [-0.05, 0) is 48.9 Å². The summed E-state index contributed by atoms with van der Waals surface area (Å²) in [5, 5.41) is 8.77. The van der Waals surface area contributed by atoms with E-state index in [9.17, 15) is 4.79 Å². The molecule has 0 saturated carbocycles. The van der Waals surface area contributed by atoms with Crippen molar-refractivity contribution in [2.75, 3.05) is 6.61 Å². The Bertz CT molecular complexity index is 937. The van der Waals surface area contributed by atoms with Gasteiger partial charge >= 0.3 is 5.97 Å². The van der Waals surface area contributed by atoms with Gasteiger partial charge in [0, 0.05) is 15.1 Å². The summed E-state index contributed by atoms with van der Waals surface area (Å²) in [6.07, 6.45) is 0. The summed E-state index contributed by atoms with van der Waals surface area (Å²) in [6, 6.07) is 10.5. The van der Waals surface area contributed by atoms with Crippen molar-refractivity contribution in [3.63, 3.8) is 0 Å². The molecule has 0 saturated heterocycles. The first-order chi connectivity index (χ1) is 12.9. The smallest absolute Gasteiger partial charge is 0.344 e. The molecule has 0 atom stereocenters. The molecule has 0 radical (unpaired) electrons. The molecular weight excluding hydrogens is 459 g/mol. The molecule has 6 nitrogen and oxygen atoms in total. The SMILES string of the molecule is Cc1cc(Br)cc(Cl)c1OCC(=O)OCc1nnc(-c2ccc(Cl)cc2)o1. The lowest BCUT2D eigenvalue weighted by atomic mass is 10.2. The Kier molecular flexibility index (Phi) is 6.36. The number of esters is 1. The van der Waals surface area contributed by atoms with Crippen LogP contribution in [0.15, 0.2) is 45.3 Å². The van der Waals surface area contributed by atoms with E-state index in [2.05, 4.69) is 26.1 Å². The molecule has 0 aliphatic heterocycles. The van der Waals surface area contributed by atoms with E-state index >= 15 is 0 Å². The lowest BCUT2D eigenvalue weighted by Gasteiger charge is -2.10. The number of benzene rings is 2. The number of aryl methyl sites for hydroxylation is 1. The fraction of sp³-hybridized carbons (Fsp3) is 0.167. The number of halogens is 3. The molecule has 0 unspecified atom stereocenters. The minimum Gasteiger partial charge on any atom is -0.480 e. The lowest BCUT2D eigenvalue weighted by molar-refractivity contribution is -0.148. The summed E-state index contributed by atoms with van der Waals surface area (Å²) >= 11 is 15.3. The average Bonchev–Trinajstić information content (AvgIpc) is 3.08. The first kappa shape index (κ1) is 19.7. The topological polar surface area (TPSA) is 74.5 Å². The van der Waals surface area contributed by atoms with E-state index in [1.54, 1.807) is 30.3 Å². The molecule has 0 fully saturated rings. The van der Waals surface area contributed by atoms with Gasteiger partial charge in [0.1, 0.15) is 5.75 Å². The normalized spacial score (nSPS) is 10.7. The van der Waals surface area contributed by atoms with E-state index in [-0.39, 0.29) is 19.1 Å². The molecule has 2 aromatic carbocycles. The highest BCUT2D eigenvalue weighted by atomic mass is 79.9. The van der Waals surface area contributed by atoms with E-state index < -0.39 is 5.97 Å². The van der Waals surface area contributed by atoms with Crippen molar-refractivity contribution in [2.24, 2.45) is 0 Å². The Balaban J connectivity index is 1.53. The highest BCUT2D eigenvalue weighted by Crippen LogP contribution is 2.32. The van der Waals surface area contributed by atoms with Crippen LogP contribution in [0.5, 0.6) is 5.75 Å². The molecule has 0 bridgehead atoms. The van der Waals surface area contributed by atoms with Crippen LogP contribution in [0.3, 0.4) is 0 Å². The second-order valence-electron chi connectivity index (χ2n) is 5.49. The van der Waals surface area contributed by atoms with E-state index in [0.29, 0.717) is 27.2 Å². The highest BCUT2D eigenvalue weighted by molar-refractivity contribution is 9.10. The van der Waals surface area contributed by atoms with Crippen molar-refractivity contribution in [3.8, 4) is 17.2 Å². The van der Waals surface area contributed by atoms with Crippen LogP contribution in [0.25, 0.3) is 11.5 Å². The standard InChI is InChI=1S/C18H13BrCl2N2O4/c1-10-6-12(19)7-14(21)17(10)26-9-16(24)25-8-15-22-23-18(27-15)11-2-4-13(20)5-3-11/h2-7H,8-9H2,1H3. The average molecular weight is 472 g/mol. The second-order valence-corrected chi connectivity index (χ2v) is 7.25. The van der Waals surface area contributed by atoms with Gasteiger partial charge in [-0.25, -0.2) is 4.79 Å². The maximum absolute atomic E-state index is 11.9. The Labute approximate surface area is 173 Å². The molecule has 0 N–H and O–H groups in total. The second kappa shape index (κ2) is 8.73. The van der Waals surface area contributed by atoms with Gasteiger partial charge in [0.15, 0.2) is 13.2 Å². The van der Waals surface area contributed by atoms with Gasteiger partial charge in [-0.3, -0.25) is 0 Å². The summed E-state index contributed by atoms with van der Waals surface area (Å²) in [6.45, 7) is 1.38. The molecule has 27 heavy (non-hydrogen) atoms. The Morgan fingerprint density at radius 2 is 1.93 bits per heavy atom. The number of ether oxygens (including phenoxy) is 2. The Hall–Kier alpha value is -2.09. The minimum atomic E-state index is -0.584. The number of rotatable bonds is 6. The molecule has 0 spiro atoms. The number of carbonyl (C=O) groups excluding carboxylic acids is 1. The van der Waals surface area contributed by atoms with E-state index in [1.165, 1.54) is 0 Å². The number of hydrogen-bond acceptors (Lipinski definition) is 6. The van der Waals surface area contributed by atoms with Crippen LogP contribution in [0.2, 0.25) is 10.0 Å². The molecule has 0 aliphatic rings. The zero-order chi connectivity index (χ0) is 19.4. The molecule has 3 rings (SSSR count). The van der Waals surface area contributed by atoms with Crippen LogP contribution in [0.1, 0.15) is 11.5 Å². The Morgan fingerprint density at radius 3 is 2.63 bits per heavy atom. The summed E-state index contributed by atoms with van der Waals surface area (Å²) in [7, 11) is 0. The number of nitrogens with zero attached hydrogens (tertiary/aromatic N) is 2. The molecule has 9 heteroatoms. The fourth-order valence-electron chi connectivity index (χ4n) is 2.21. The zero-order valence-corrected chi connectivity index (χ0v) is 17.1. The summed E-state index contributed by atoms with van der Waals surface area (Å²) < 4.78 is 16.8. The first-order valence-corrected chi connectivity index (χ1v) is 9.29. The van der Waals surface area contributed by atoms with Gasteiger partial charge in [-0.2, -0.15) is 0 Å². The first-order valence-electron chi connectivity index (χ1n) is 7.75. The summed E-state index contributed by atoms with van der Waals surface area (Å²) in [5.41, 5.74) is 1.51. The maximum atomic E-state index is 11.9. The largest absolute Gasteiger partial charge is 0.480 e. The van der Waals surface area contributed by atoms with Gasteiger partial charge in [0.25, 0.3) is 5.89 Å². The van der Waals surface area contributed by atoms with Gasteiger partial charge < -0.3 is 13.9 Å². The molecular formula is C18H13BrCl2N2O4. The number of carbonyl (C=O) groups is 1. The predicted octanol–water partition coefficient (Wildman–Crippen LogP) is 5.24. The number of hydrogen-bond donors (Lipinski definition) is 0. The summed E-state index contributed by atoms with van der Waals surface area (Å²) in [5.74, 6) is 0.330. The fourth-order valence-corrected chi connectivity index (χ4v) is 3.36. The third-order valence-corrected chi connectivity index (χ3v) is 4.43. The van der Waals surface area contributed by atoms with Crippen LogP contribution in [-0.2, 0) is 16.1 Å². The molecule has 1 heterocycles. The van der Waals surface area contributed by atoms with Crippen LogP contribution in [0, 0.1) is 6.92 Å². The molecule has 0 amide bonds. The van der Waals surface area contributed by atoms with Gasteiger partial charge in [-0.15, -0.1) is 10.2 Å². The van der Waals surface area contributed by atoms with Gasteiger partial charge in [0.05, 0.1) is 5.02 Å². The van der Waals surface area contributed by atoms with E-state index in [0.717, 1.165) is 10.0 Å². The molecule has 3 aromatic rings. The monoisotopic (exact) mass is 470 g/mol. The lowest BCUT2D eigenvalue weighted by Crippen LogP contribution is -2.15. The maximum Gasteiger partial charge on any atom is 0.344 e. The van der Waals surface area contributed by atoms with Gasteiger partial charge in [-0.1, -0.05) is 39.1 Å². The minimum absolute atomic E-state index is 0.157. The van der Waals surface area contributed by atoms with E-state index in [4.69, 9.17) is 37.1 Å². The highest BCUT2D eigenvalue weighted by Gasteiger charge is 2.13. The third-order valence-electron chi connectivity index (χ3n) is 3.44. The van der Waals surface area contributed by atoms with Crippen LogP contribution >= 0.6 is 39.1 Å². The van der Waals surface area contributed by atoms with Crippen molar-refractivity contribution in [1.82, 2.24) is 10.2 Å². The Morgan fingerprint density at radius 1 is 1.19 bits per heavy atom. The van der Waals surface area contributed by atoms with Crippen molar-refractivity contribution in [2.45, 2.75) is 13.5 Å². The van der Waals surface area contributed by atoms with Crippen molar-refractivity contribution in [3.05, 3.63) is 62.4 Å². The van der Waals surface area contributed by atoms with Crippen LogP contribution < -0.4 is 4.74 Å². The quantitative estimate of drug-likeness (QED) is 0.458. The zero-order valence-electron chi connectivity index (χ0n) is 14.0. The predicted molar refractivity (Wildman–Crippen MR) is 104 cm³/mol. The number of aromatic nitrogens is 2. The van der Waals surface area contributed by atoms with Crippen molar-refractivity contribution >= 4 is 45.1 Å². The van der Waals surface area contributed by atoms with Crippen LogP contribution in [0.4, 0.5) is 0 Å². The molecule has 0 aliphatic carbocycles. The molecule has 1 aromatic heterocycles. The third kappa shape index (κ3) is 5.22. The van der Waals surface area contributed by atoms with Crippen molar-refractivity contribution in [1.29, 1.82) is 0 Å². The molecule has 140 valence electrons. The van der Waals surface area contributed by atoms with Crippen LogP contribution in [-0.4, -0.2) is 22.8 Å². The van der Waals surface area contributed by atoms with E-state index in [1.807, 2.05) is 13.0 Å². The van der Waals surface area contributed by atoms with Crippen molar-refractivity contribution < 1.29 is 18.7 Å².